The number of primary amides is 1. The summed E-state index contributed by atoms with van der Waals surface area (Å²) in [5.74, 6) is -3.81. The Morgan fingerprint density at radius 1 is 1.21 bits per heavy atom. The number of carbonyl (C=O) groups excluding carboxylic acids is 1. The van der Waals surface area contributed by atoms with Crippen LogP contribution < -0.4 is 5.73 Å². The van der Waals surface area contributed by atoms with Crippen molar-refractivity contribution in [2.24, 2.45) is 5.73 Å². The normalized spacial score (nSPS) is 10.5. The van der Waals surface area contributed by atoms with Crippen LogP contribution in [0.2, 0.25) is 0 Å². The van der Waals surface area contributed by atoms with Crippen molar-refractivity contribution in [3.05, 3.63) is 64.7 Å². The molecule has 6 heteroatoms. The number of hydrogen-bond donors (Lipinski definition) is 1. The molecular formula is C13H9F3N2O. The molecule has 2 rings (SSSR count). The average Bonchev–Trinajstić information content (AvgIpc) is 2.34. The number of hydrogen-bond acceptors (Lipinski definition) is 2. The third-order valence-electron chi connectivity index (χ3n) is 2.61. The third kappa shape index (κ3) is 2.73. The van der Waals surface area contributed by atoms with Gasteiger partial charge in [0.05, 0.1) is 11.3 Å². The standard InChI is InChI=1S/C13H9F3N2O/c14-7-4-10(15)9(11(16)5-7)6-12-8(13(17)19)2-1-3-18-12/h1-5H,6H2,(H2,17,19). The van der Waals surface area contributed by atoms with Gasteiger partial charge < -0.3 is 5.73 Å². The number of aromatic nitrogens is 1. The van der Waals surface area contributed by atoms with Gasteiger partial charge in [-0.3, -0.25) is 9.78 Å². The van der Waals surface area contributed by atoms with E-state index >= 15 is 0 Å². The SMILES string of the molecule is NC(=O)c1cccnc1Cc1c(F)cc(F)cc1F. The second-order valence-corrected chi connectivity index (χ2v) is 3.89. The van der Waals surface area contributed by atoms with Gasteiger partial charge in [0.25, 0.3) is 5.91 Å². The summed E-state index contributed by atoms with van der Waals surface area (Å²) in [5, 5.41) is 0. The maximum absolute atomic E-state index is 13.5. The molecule has 1 amide bonds. The highest BCUT2D eigenvalue weighted by Gasteiger charge is 2.16. The number of benzene rings is 1. The van der Waals surface area contributed by atoms with Gasteiger partial charge in [-0.25, -0.2) is 13.2 Å². The van der Waals surface area contributed by atoms with E-state index in [9.17, 15) is 18.0 Å². The molecule has 0 aliphatic carbocycles. The van der Waals surface area contributed by atoms with Gasteiger partial charge in [-0.15, -0.1) is 0 Å². The van der Waals surface area contributed by atoms with Crippen LogP contribution in [0.4, 0.5) is 13.2 Å². The van der Waals surface area contributed by atoms with Crippen molar-refractivity contribution in [3.8, 4) is 0 Å². The minimum atomic E-state index is -1.03. The quantitative estimate of drug-likeness (QED) is 0.925. The lowest BCUT2D eigenvalue weighted by Crippen LogP contribution is -2.15. The van der Waals surface area contributed by atoms with Gasteiger partial charge >= 0.3 is 0 Å². The predicted octanol–water partition coefficient (Wildman–Crippen LogP) is 2.19. The molecule has 1 heterocycles. The largest absolute Gasteiger partial charge is 0.366 e. The summed E-state index contributed by atoms with van der Waals surface area (Å²) in [6, 6.07) is 4.04. The lowest BCUT2D eigenvalue weighted by molar-refractivity contribution is 0.0999. The molecule has 0 saturated carbocycles. The van der Waals surface area contributed by atoms with E-state index in [1.54, 1.807) is 0 Å². The van der Waals surface area contributed by atoms with Gasteiger partial charge in [0.1, 0.15) is 17.5 Å². The van der Waals surface area contributed by atoms with Crippen molar-refractivity contribution in [2.75, 3.05) is 0 Å². The molecule has 0 unspecified atom stereocenters. The summed E-state index contributed by atoms with van der Waals surface area (Å²) in [6.07, 6.45) is 1.10. The van der Waals surface area contributed by atoms with Crippen LogP contribution in [0.1, 0.15) is 21.6 Å². The maximum atomic E-state index is 13.5. The first-order chi connectivity index (χ1) is 8.99. The number of halogens is 3. The molecule has 1 aromatic heterocycles. The van der Waals surface area contributed by atoms with E-state index < -0.39 is 23.4 Å². The Kier molecular flexibility index (Phi) is 3.50. The highest BCUT2D eigenvalue weighted by Crippen LogP contribution is 2.19. The first kappa shape index (κ1) is 13.1. The fourth-order valence-corrected chi connectivity index (χ4v) is 1.71. The van der Waals surface area contributed by atoms with Crippen molar-refractivity contribution < 1.29 is 18.0 Å². The van der Waals surface area contributed by atoms with E-state index in [1.165, 1.54) is 18.3 Å². The molecule has 0 fully saturated rings. The number of carbonyl (C=O) groups is 1. The molecule has 0 aliphatic heterocycles. The Hall–Kier alpha value is -2.37. The molecule has 1 aromatic carbocycles. The van der Waals surface area contributed by atoms with Crippen LogP contribution in [-0.2, 0) is 6.42 Å². The zero-order chi connectivity index (χ0) is 14.0. The van der Waals surface area contributed by atoms with E-state index in [2.05, 4.69) is 4.98 Å². The Morgan fingerprint density at radius 2 is 1.84 bits per heavy atom. The highest BCUT2D eigenvalue weighted by molar-refractivity contribution is 5.93. The topological polar surface area (TPSA) is 56.0 Å². The van der Waals surface area contributed by atoms with Crippen molar-refractivity contribution in [3.63, 3.8) is 0 Å². The summed E-state index contributed by atoms with van der Waals surface area (Å²) in [7, 11) is 0. The second kappa shape index (κ2) is 5.09. The lowest BCUT2D eigenvalue weighted by Gasteiger charge is -2.07. The van der Waals surface area contributed by atoms with E-state index in [-0.39, 0.29) is 23.2 Å². The molecule has 0 atom stereocenters. The Bertz CT molecular complexity index is 621. The van der Waals surface area contributed by atoms with Crippen molar-refractivity contribution >= 4 is 5.91 Å². The fourth-order valence-electron chi connectivity index (χ4n) is 1.71. The number of nitrogens with two attached hydrogens (primary N) is 1. The molecular weight excluding hydrogens is 257 g/mol. The van der Waals surface area contributed by atoms with Gasteiger partial charge in [-0.2, -0.15) is 0 Å². The average molecular weight is 266 g/mol. The van der Waals surface area contributed by atoms with Crippen LogP contribution in [0.15, 0.2) is 30.5 Å². The van der Waals surface area contributed by atoms with Gasteiger partial charge in [-0.05, 0) is 12.1 Å². The van der Waals surface area contributed by atoms with Crippen LogP contribution in [0.25, 0.3) is 0 Å². The number of amides is 1. The molecule has 0 radical (unpaired) electrons. The highest BCUT2D eigenvalue weighted by atomic mass is 19.1. The molecule has 0 spiro atoms. The molecule has 19 heavy (non-hydrogen) atoms. The van der Waals surface area contributed by atoms with Gasteiger partial charge in [0.2, 0.25) is 0 Å². The smallest absolute Gasteiger partial charge is 0.250 e. The molecule has 0 bridgehead atoms. The van der Waals surface area contributed by atoms with Crippen LogP contribution >= 0.6 is 0 Å². The fraction of sp³-hybridized carbons (Fsp3) is 0.0769. The minimum Gasteiger partial charge on any atom is -0.366 e. The summed E-state index contributed by atoms with van der Waals surface area (Å²) < 4.78 is 39.8. The lowest BCUT2D eigenvalue weighted by atomic mass is 10.0. The Balaban J connectivity index is 2.45. The zero-order valence-electron chi connectivity index (χ0n) is 9.66. The Labute approximate surface area is 106 Å². The third-order valence-corrected chi connectivity index (χ3v) is 2.61. The number of rotatable bonds is 3. The van der Waals surface area contributed by atoms with Crippen LogP contribution in [-0.4, -0.2) is 10.9 Å². The van der Waals surface area contributed by atoms with Gasteiger partial charge in [0, 0.05) is 30.3 Å². The summed E-state index contributed by atoms with van der Waals surface area (Å²) in [4.78, 5) is 15.0. The van der Waals surface area contributed by atoms with Crippen molar-refractivity contribution in [1.29, 1.82) is 0 Å². The molecule has 2 aromatic rings. The number of nitrogens with zero attached hydrogens (tertiary/aromatic N) is 1. The first-order valence-electron chi connectivity index (χ1n) is 5.36. The van der Waals surface area contributed by atoms with E-state index in [1.807, 2.05) is 0 Å². The molecule has 98 valence electrons. The monoisotopic (exact) mass is 266 g/mol. The maximum Gasteiger partial charge on any atom is 0.250 e. The van der Waals surface area contributed by atoms with E-state index in [4.69, 9.17) is 5.73 Å². The molecule has 0 saturated heterocycles. The van der Waals surface area contributed by atoms with Crippen LogP contribution in [0, 0.1) is 17.5 Å². The van der Waals surface area contributed by atoms with Crippen LogP contribution in [0.5, 0.6) is 0 Å². The molecule has 2 N–H and O–H groups in total. The van der Waals surface area contributed by atoms with Crippen molar-refractivity contribution in [1.82, 2.24) is 4.98 Å². The van der Waals surface area contributed by atoms with Gasteiger partial charge in [0.15, 0.2) is 0 Å². The van der Waals surface area contributed by atoms with E-state index in [0.717, 1.165) is 0 Å². The second-order valence-electron chi connectivity index (χ2n) is 3.89. The van der Waals surface area contributed by atoms with Gasteiger partial charge in [-0.1, -0.05) is 0 Å². The molecule has 3 nitrogen and oxygen atoms in total. The summed E-state index contributed by atoms with van der Waals surface area (Å²) in [6.45, 7) is 0. The van der Waals surface area contributed by atoms with Crippen molar-refractivity contribution in [2.45, 2.75) is 6.42 Å². The van der Waals surface area contributed by atoms with E-state index in [0.29, 0.717) is 12.1 Å². The predicted molar refractivity (Wildman–Crippen MR) is 61.9 cm³/mol. The summed E-state index contributed by atoms with van der Waals surface area (Å²) in [5.41, 5.74) is 5.00. The molecule has 0 aliphatic rings. The zero-order valence-corrected chi connectivity index (χ0v) is 9.66. The first-order valence-corrected chi connectivity index (χ1v) is 5.36. The minimum absolute atomic E-state index is 0.0747. The van der Waals surface area contributed by atoms with Crippen LogP contribution in [0.3, 0.4) is 0 Å². The number of pyridine rings is 1. The summed E-state index contributed by atoms with van der Waals surface area (Å²) >= 11 is 0. The Morgan fingerprint density at radius 3 is 2.42 bits per heavy atom.